The third-order valence-corrected chi connectivity index (χ3v) is 5.20. The molecular weight excluding hydrogens is 420 g/mol. The average Bonchev–Trinajstić information content (AvgIpc) is 2.82. The van der Waals surface area contributed by atoms with Crippen molar-refractivity contribution in [2.75, 3.05) is 5.32 Å². The molecule has 3 heterocycles. The lowest BCUT2D eigenvalue weighted by molar-refractivity contribution is 0.584. The fraction of sp³-hybridized carbons (Fsp3) is 0.0769. The molecule has 0 aliphatic heterocycles. The second-order valence-electron chi connectivity index (χ2n) is 7.65. The van der Waals surface area contributed by atoms with E-state index in [9.17, 15) is 8.78 Å². The van der Waals surface area contributed by atoms with Gasteiger partial charge >= 0.3 is 0 Å². The number of pyridine rings is 2. The number of hydrogen-bond donors (Lipinski definition) is 1. The zero-order valence-electron chi connectivity index (χ0n) is 17.8. The van der Waals surface area contributed by atoms with Gasteiger partial charge in [-0.1, -0.05) is 12.1 Å². The second kappa shape index (κ2) is 8.70. The highest BCUT2D eigenvalue weighted by Crippen LogP contribution is 2.30. The summed E-state index contributed by atoms with van der Waals surface area (Å²) in [6, 6.07) is 18.5. The van der Waals surface area contributed by atoms with Crippen molar-refractivity contribution in [1.82, 2.24) is 19.9 Å². The van der Waals surface area contributed by atoms with E-state index in [-0.39, 0.29) is 0 Å². The van der Waals surface area contributed by atoms with Crippen LogP contribution in [-0.4, -0.2) is 19.9 Å². The van der Waals surface area contributed by atoms with Gasteiger partial charge in [0.05, 0.1) is 17.8 Å². The highest BCUT2D eigenvalue weighted by Gasteiger charge is 2.12. The minimum absolute atomic E-state index is 0.439. The zero-order valence-corrected chi connectivity index (χ0v) is 17.8. The molecule has 0 radical (unpaired) electrons. The molecule has 0 bridgehead atoms. The van der Waals surface area contributed by atoms with Gasteiger partial charge in [0.2, 0.25) is 0 Å². The first-order valence-electron chi connectivity index (χ1n) is 10.4. The van der Waals surface area contributed by atoms with E-state index in [2.05, 4.69) is 15.3 Å². The molecule has 0 saturated heterocycles. The molecule has 3 aromatic heterocycles. The Bertz CT molecular complexity index is 1430. The van der Waals surface area contributed by atoms with Crippen LogP contribution < -0.4 is 5.32 Å². The molecule has 0 unspecified atom stereocenters. The quantitative estimate of drug-likeness (QED) is 0.366. The van der Waals surface area contributed by atoms with Crippen molar-refractivity contribution in [2.24, 2.45) is 0 Å². The Morgan fingerprint density at radius 3 is 2.39 bits per heavy atom. The third-order valence-electron chi connectivity index (χ3n) is 5.20. The molecule has 5 aromatic rings. The predicted octanol–water partition coefficient (Wildman–Crippen LogP) is 5.95. The smallest absolute Gasteiger partial charge is 0.163 e. The molecule has 33 heavy (non-hydrogen) atoms. The number of benzene rings is 2. The van der Waals surface area contributed by atoms with Gasteiger partial charge in [0.25, 0.3) is 0 Å². The van der Waals surface area contributed by atoms with Crippen molar-refractivity contribution in [2.45, 2.75) is 13.5 Å². The van der Waals surface area contributed by atoms with E-state index in [0.29, 0.717) is 34.8 Å². The van der Waals surface area contributed by atoms with Crippen LogP contribution in [0.15, 0.2) is 79.1 Å². The summed E-state index contributed by atoms with van der Waals surface area (Å²) in [7, 11) is 0. The Morgan fingerprint density at radius 1 is 0.788 bits per heavy atom. The summed E-state index contributed by atoms with van der Waals surface area (Å²) in [4.78, 5) is 18.1. The summed E-state index contributed by atoms with van der Waals surface area (Å²) >= 11 is 0. The highest BCUT2D eigenvalue weighted by molar-refractivity contribution is 5.93. The Balaban J connectivity index is 1.61. The number of nitrogens with zero attached hydrogens (tertiary/aromatic N) is 4. The van der Waals surface area contributed by atoms with E-state index in [1.165, 1.54) is 12.1 Å². The molecule has 0 saturated carbocycles. The number of nitrogens with one attached hydrogen (secondary N) is 1. The maximum absolute atomic E-state index is 13.8. The first kappa shape index (κ1) is 20.6. The van der Waals surface area contributed by atoms with Crippen molar-refractivity contribution in [3.8, 4) is 22.5 Å². The Hall–Kier alpha value is -4.26. The number of aromatic nitrogens is 4. The van der Waals surface area contributed by atoms with E-state index in [0.717, 1.165) is 28.4 Å². The van der Waals surface area contributed by atoms with Gasteiger partial charge < -0.3 is 5.32 Å². The van der Waals surface area contributed by atoms with Gasteiger partial charge in [-0.3, -0.25) is 9.97 Å². The summed E-state index contributed by atoms with van der Waals surface area (Å²) < 4.78 is 27.6. The number of halogens is 2. The first-order valence-corrected chi connectivity index (χ1v) is 10.4. The second-order valence-corrected chi connectivity index (χ2v) is 7.65. The molecule has 0 spiro atoms. The molecule has 7 heteroatoms. The van der Waals surface area contributed by atoms with Crippen LogP contribution in [0.2, 0.25) is 0 Å². The van der Waals surface area contributed by atoms with Gasteiger partial charge in [-0.25, -0.2) is 18.7 Å². The van der Waals surface area contributed by atoms with Crippen LogP contribution in [-0.2, 0) is 6.54 Å². The van der Waals surface area contributed by atoms with Crippen LogP contribution in [0, 0.1) is 18.6 Å². The topological polar surface area (TPSA) is 63.6 Å². The third kappa shape index (κ3) is 4.52. The van der Waals surface area contributed by atoms with Crippen LogP contribution in [0.3, 0.4) is 0 Å². The monoisotopic (exact) mass is 439 g/mol. The van der Waals surface area contributed by atoms with Gasteiger partial charge in [-0.05, 0) is 66.6 Å². The number of hydrogen-bond acceptors (Lipinski definition) is 5. The van der Waals surface area contributed by atoms with E-state index in [1.54, 1.807) is 24.5 Å². The number of anilines is 1. The number of fused-ring (bicyclic) bond motifs is 1. The summed E-state index contributed by atoms with van der Waals surface area (Å²) in [6.07, 6.45) is 3.38. The Labute approximate surface area is 189 Å². The molecular formula is C26H19F2N5. The average molecular weight is 439 g/mol. The largest absolute Gasteiger partial charge is 0.364 e. The highest BCUT2D eigenvalue weighted by atomic mass is 19.1. The summed E-state index contributed by atoms with van der Waals surface area (Å²) in [5.74, 6) is -0.120. The molecule has 162 valence electrons. The van der Waals surface area contributed by atoms with Crippen molar-refractivity contribution < 1.29 is 8.78 Å². The molecule has 0 aliphatic carbocycles. The van der Waals surface area contributed by atoms with Crippen molar-refractivity contribution >= 4 is 16.7 Å². The van der Waals surface area contributed by atoms with Gasteiger partial charge in [-0.15, -0.1) is 0 Å². The van der Waals surface area contributed by atoms with E-state index in [1.807, 2.05) is 43.3 Å². The summed E-state index contributed by atoms with van der Waals surface area (Å²) in [5.41, 5.74) is 4.32. The molecule has 0 fully saturated rings. The minimum atomic E-state index is -0.628. The van der Waals surface area contributed by atoms with Crippen LogP contribution >= 0.6 is 0 Å². The molecule has 0 atom stereocenters. The predicted molar refractivity (Wildman–Crippen MR) is 124 cm³/mol. The van der Waals surface area contributed by atoms with Gasteiger partial charge in [0.15, 0.2) is 5.82 Å². The van der Waals surface area contributed by atoms with Crippen LogP contribution in [0.1, 0.15) is 11.4 Å². The Morgan fingerprint density at radius 2 is 1.64 bits per heavy atom. The van der Waals surface area contributed by atoms with Crippen LogP contribution in [0.25, 0.3) is 33.4 Å². The van der Waals surface area contributed by atoms with Crippen LogP contribution in [0.5, 0.6) is 0 Å². The zero-order chi connectivity index (χ0) is 22.8. The minimum Gasteiger partial charge on any atom is -0.364 e. The maximum Gasteiger partial charge on any atom is 0.163 e. The van der Waals surface area contributed by atoms with E-state index in [4.69, 9.17) is 9.97 Å². The number of aryl methyl sites for hydroxylation is 1. The first-order chi connectivity index (χ1) is 16.0. The molecule has 2 aromatic carbocycles. The van der Waals surface area contributed by atoms with Gasteiger partial charge in [-0.2, -0.15) is 0 Å². The SMILES string of the molecule is Cc1cccc(CNc2nc(-c3cccnc3)nc3cc(-c4cc(F)cc(F)c4)ccc23)n1. The van der Waals surface area contributed by atoms with Crippen molar-refractivity contribution in [3.05, 3.63) is 102 Å². The lowest BCUT2D eigenvalue weighted by atomic mass is 10.0. The summed E-state index contributed by atoms with van der Waals surface area (Å²) in [6.45, 7) is 2.43. The van der Waals surface area contributed by atoms with Crippen molar-refractivity contribution in [3.63, 3.8) is 0 Å². The van der Waals surface area contributed by atoms with E-state index < -0.39 is 11.6 Å². The fourth-order valence-electron chi connectivity index (χ4n) is 3.66. The molecule has 0 amide bonds. The normalized spacial score (nSPS) is 11.0. The maximum atomic E-state index is 13.8. The Kier molecular flexibility index (Phi) is 5.44. The lowest BCUT2D eigenvalue weighted by Crippen LogP contribution is -2.06. The standard InChI is InChI=1S/C26H19F2N5/c1-16-4-2-6-22(31-16)15-30-26-23-8-7-17(19-10-20(27)13-21(28)11-19)12-24(23)32-25(33-26)18-5-3-9-29-14-18/h2-14H,15H2,1H3,(H,30,32,33). The molecule has 1 N–H and O–H groups in total. The fourth-order valence-corrected chi connectivity index (χ4v) is 3.66. The molecule has 5 rings (SSSR count). The molecule has 5 nitrogen and oxygen atoms in total. The number of rotatable bonds is 5. The van der Waals surface area contributed by atoms with Crippen molar-refractivity contribution in [1.29, 1.82) is 0 Å². The van der Waals surface area contributed by atoms with Gasteiger partial charge in [0.1, 0.15) is 17.5 Å². The van der Waals surface area contributed by atoms with Crippen LogP contribution in [0.4, 0.5) is 14.6 Å². The summed E-state index contributed by atoms with van der Waals surface area (Å²) in [5, 5.41) is 4.15. The lowest BCUT2D eigenvalue weighted by Gasteiger charge is -2.12. The van der Waals surface area contributed by atoms with Gasteiger partial charge in [0, 0.05) is 35.1 Å². The molecule has 0 aliphatic rings. The van der Waals surface area contributed by atoms with E-state index >= 15 is 0 Å².